The van der Waals surface area contributed by atoms with Gasteiger partial charge >= 0.3 is 11.9 Å². The highest BCUT2D eigenvalue weighted by Gasteiger charge is 2.25. The molecule has 0 unspecified atom stereocenters. The Labute approximate surface area is 214 Å². The molecule has 0 radical (unpaired) electrons. The molecule has 0 saturated carbocycles. The topological polar surface area (TPSA) is 151 Å². The van der Waals surface area contributed by atoms with Gasteiger partial charge in [0.25, 0.3) is 11.8 Å². The fourth-order valence-electron chi connectivity index (χ4n) is 3.04. The summed E-state index contributed by atoms with van der Waals surface area (Å²) >= 11 is 0. The summed E-state index contributed by atoms with van der Waals surface area (Å²) < 4.78 is 11.6. The van der Waals surface area contributed by atoms with E-state index in [4.69, 9.17) is 19.7 Å². The monoisotopic (exact) mass is 512 g/mol. The van der Waals surface area contributed by atoms with E-state index in [0.717, 1.165) is 0 Å². The molecule has 0 aliphatic rings. The molecule has 0 heterocycles. The van der Waals surface area contributed by atoms with Crippen molar-refractivity contribution in [3.63, 3.8) is 0 Å². The number of nitrogens with one attached hydrogen (secondary N) is 2. The predicted octanol–water partition coefficient (Wildman–Crippen LogP) is 2.88. The van der Waals surface area contributed by atoms with Crippen molar-refractivity contribution in [1.82, 2.24) is 10.6 Å². The van der Waals surface area contributed by atoms with E-state index in [0.29, 0.717) is 38.9 Å². The number of rotatable bonds is 16. The summed E-state index contributed by atoms with van der Waals surface area (Å²) in [5.41, 5.74) is -2.48. The summed E-state index contributed by atoms with van der Waals surface area (Å²) in [7, 11) is 0. The van der Waals surface area contributed by atoms with Crippen molar-refractivity contribution in [1.29, 1.82) is 0 Å². The Balaban J connectivity index is 4.57. The lowest BCUT2D eigenvalue weighted by molar-refractivity contribution is -0.139. The van der Waals surface area contributed by atoms with E-state index in [-0.39, 0.29) is 12.8 Å². The third-order valence-corrected chi connectivity index (χ3v) is 5.51. The number of amides is 2. The molecule has 4 N–H and O–H groups in total. The van der Waals surface area contributed by atoms with Gasteiger partial charge in [-0.05, 0) is 81.1 Å². The summed E-state index contributed by atoms with van der Waals surface area (Å²) in [5.74, 6) is 1.66. The van der Waals surface area contributed by atoms with Crippen LogP contribution in [0.15, 0.2) is 0 Å². The van der Waals surface area contributed by atoms with Crippen LogP contribution in [0.4, 0.5) is 0 Å². The number of carboxylic acid groups (broad SMARTS) is 2. The highest BCUT2D eigenvalue weighted by Crippen LogP contribution is 2.20. The van der Waals surface area contributed by atoms with Crippen LogP contribution in [0.1, 0.15) is 93.9 Å². The first-order valence-electron chi connectivity index (χ1n) is 12.1. The van der Waals surface area contributed by atoms with Gasteiger partial charge in [-0.25, -0.2) is 0 Å². The fourth-order valence-corrected chi connectivity index (χ4v) is 3.04. The average Bonchev–Trinajstić information content (AvgIpc) is 2.68. The number of carbonyl (C=O) groups excluding carboxylic acids is 2. The van der Waals surface area contributed by atoms with Gasteiger partial charge in [0.2, 0.25) is 0 Å². The minimum Gasteiger partial charge on any atom is -0.481 e. The van der Waals surface area contributed by atoms with Gasteiger partial charge in [0.05, 0.1) is 11.2 Å². The lowest BCUT2D eigenvalue weighted by Crippen LogP contribution is -2.45. The highest BCUT2D eigenvalue weighted by atomic mass is 16.5. The minimum absolute atomic E-state index is 0.0133. The molecule has 0 aromatic heterocycles. The minimum atomic E-state index is -0.879. The average molecular weight is 513 g/mol. The second-order valence-corrected chi connectivity index (χ2v) is 11.4. The van der Waals surface area contributed by atoms with Gasteiger partial charge in [-0.1, -0.05) is 0 Å². The molecule has 0 fully saturated rings. The predicted molar refractivity (Wildman–Crippen MR) is 135 cm³/mol. The van der Waals surface area contributed by atoms with Crippen LogP contribution in [0.3, 0.4) is 0 Å². The lowest BCUT2D eigenvalue weighted by atomic mass is 9.99. The molecular formula is C26H44N2O8. The molecule has 0 bridgehead atoms. The van der Waals surface area contributed by atoms with Crippen LogP contribution >= 0.6 is 0 Å². The largest absolute Gasteiger partial charge is 0.481 e. The maximum Gasteiger partial charge on any atom is 0.303 e. The summed E-state index contributed by atoms with van der Waals surface area (Å²) in [6, 6.07) is 0. The first kappa shape index (κ1) is 33.4. The smallest absolute Gasteiger partial charge is 0.303 e. The molecule has 0 spiro atoms. The van der Waals surface area contributed by atoms with Gasteiger partial charge in [-0.3, -0.25) is 19.2 Å². The molecule has 0 saturated heterocycles. The van der Waals surface area contributed by atoms with Gasteiger partial charge in [-0.2, -0.15) is 0 Å². The van der Waals surface area contributed by atoms with E-state index in [9.17, 15) is 19.2 Å². The molecule has 0 rings (SSSR count). The van der Waals surface area contributed by atoms with E-state index in [1.165, 1.54) is 0 Å². The normalized spacial score (nSPS) is 12.3. The van der Waals surface area contributed by atoms with Crippen molar-refractivity contribution in [3.05, 3.63) is 0 Å². The Morgan fingerprint density at radius 1 is 0.611 bits per heavy atom. The fraction of sp³-hybridized carbons (Fsp3) is 0.769. The van der Waals surface area contributed by atoms with Gasteiger partial charge in [0.15, 0.2) is 0 Å². The Morgan fingerprint density at radius 2 is 0.917 bits per heavy atom. The third kappa shape index (κ3) is 17.7. The van der Waals surface area contributed by atoms with E-state index in [1.807, 2.05) is 27.7 Å². The molecule has 36 heavy (non-hydrogen) atoms. The Morgan fingerprint density at radius 3 is 1.19 bits per heavy atom. The van der Waals surface area contributed by atoms with Crippen LogP contribution in [0.2, 0.25) is 0 Å². The number of aliphatic carboxylic acids is 2. The standard InChI is InChI=1S/C26H44N2O8/c1-23(2,15-17-35-25(5,6)13-11-21(31)32)27-19(29)9-10-20(30)28-24(3,4)16-18-36-26(7,8)14-12-22(33)34/h11-18H2,1-8H3,(H,27,29)(H,28,30)(H,31,32)(H,33,34). The first-order valence-corrected chi connectivity index (χ1v) is 12.1. The van der Waals surface area contributed by atoms with Gasteiger partial charge in [0, 0.05) is 49.0 Å². The van der Waals surface area contributed by atoms with E-state index < -0.39 is 46.0 Å². The summed E-state index contributed by atoms with van der Waals surface area (Å²) in [6.45, 7) is 15.1. The summed E-state index contributed by atoms with van der Waals surface area (Å²) in [4.78, 5) is 45.9. The molecule has 10 nitrogen and oxygen atoms in total. The van der Waals surface area contributed by atoms with Crippen LogP contribution in [0, 0.1) is 11.8 Å². The maximum atomic E-state index is 12.2. The first-order chi connectivity index (χ1) is 16.2. The number of carboxylic acids is 2. The number of ether oxygens (including phenoxy) is 2. The summed E-state index contributed by atoms with van der Waals surface area (Å²) in [6.07, 6.45) is 1.72. The van der Waals surface area contributed by atoms with Crippen molar-refractivity contribution in [2.75, 3.05) is 13.2 Å². The Bertz CT molecular complexity index is 769. The molecule has 0 aromatic rings. The van der Waals surface area contributed by atoms with Gasteiger partial charge in [0.1, 0.15) is 0 Å². The zero-order chi connectivity index (χ0) is 28.2. The molecule has 0 aromatic carbocycles. The molecule has 0 aliphatic carbocycles. The molecule has 10 heteroatoms. The zero-order valence-corrected chi connectivity index (χ0v) is 23.0. The van der Waals surface area contributed by atoms with Crippen LogP contribution in [-0.4, -0.2) is 69.5 Å². The van der Waals surface area contributed by atoms with Crippen molar-refractivity contribution in [2.24, 2.45) is 0 Å². The quantitative estimate of drug-likeness (QED) is 0.230. The third-order valence-electron chi connectivity index (χ3n) is 5.51. The number of hydrogen-bond donors (Lipinski definition) is 4. The SMILES string of the molecule is CC(C)(CCOC(C)(C)CCC(=O)O)NC(=O)C#CC(=O)NC(C)(C)CCOC(C)(C)CCC(=O)O. The molecule has 206 valence electrons. The molecule has 0 atom stereocenters. The second kappa shape index (κ2) is 14.2. The van der Waals surface area contributed by atoms with Crippen LogP contribution in [-0.2, 0) is 28.7 Å². The van der Waals surface area contributed by atoms with Gasteiger partial charge in [-0.15, -0.1) is 0 Å². The van der Waals surface area contributed by atoms with Crippen LogP contribution in [0.25, 0.3) is 0 Å². The van der Waals surface area contributed by atoms with Crippen LogP contribution < -0.4 is 10.6 Å². The van der Waals surface area contributed by atoms with E-state index in [2.05, 4.69) is 22.5 Å². The highest BCUT2D eigenvalue weighted by molar-refractivity contribution is 6.03. The lowest BCUT2D eigenvalue weighted by Gasteiger charge is -2.29. The van der Waals surface area contributed by atoms with E-state index in [1.54, 1.807) is 27.7 Å². The second-order valence-electron chi connectivity index (χ2n) is 11.4. The number of carbonyl (C=O) groups is 4. The maximum absolute atomic E-state index is 12.2. The van der Waals surface area contributed by atoms with Crippen molar-refractivity contribution in [2.45, 2.75) is 116 Å². The molecular weight excluding hydrogens is 468 g/mol. The van der Waals surface area contributed by atoms with Crippen molar-refractivity contribution in [3.8, 4) is 11.8 Å². The van der Waals surface area contributed by atoms with Crippen molar-refractivity contribution < 1.29 is 38.9 Å². The number of hydrogen-bond acceptors (Lipinski definition) is 6. The van der Waals surface area contributed by atoms with Gasteiger partial charge < -0.3 is 30.3 Å². The zero-order valence-electron chi connectivity index (χ0n) is 23.0. The summed E-state index contributed by atoms with van der Waals surface area (Å²) in [5, 5.41) is 23.1. The van der Waals surface area contributed by atoms with Crippen LogP contribution in [0.5, 0.6) is 0 Å². The molecule has 2 amide bonds. The van der Waals surface area contributed by atoms with Crippen molar-refractivity contribution >= 4 is 23.8 Å². The Hall–Kier alpha value is -2.64. The van der Waals surface area contributed by atoms with E-state index >= 15 is 0 Å². The Kier molecular flexibility index (Phi) is 13.1. The molecule has 0 aliphatic heterocycles.